The SMILES string of the molecule is Cn1cc(C(=O)NCCCCCN2CCC(CNC(=O)c3ccccc3)CC2)c2ccccc21. The fraction of sp³-hybridized carbons (Fsp3) is 0.429. The van der Waals surface area contributed by atoms with Crippen LogP contribution in [0, 0.1) is 5.92 Å². The standard InChI is InChI=1S/C28H36N4O2/c1-31-21-25(24-12-6-7-13-26(24)31)28(34)29-16-8-3-9-17-32-18-14-22(15-19-32)20-30-27(33)23-10-4-2-5-11-23/h2,4-7,10-13,21-22H,3,8-9,14-20H2,1H3,(H,29,34)(H,30,33). The lowest BCUT2D eigenvalue weighted by Crippen LogP contribution is -2.39. The third-order valence-corrected chi connectivity index (χ3v) is 6.87. The van der Waals surface area contributed by atoms with E-state index in [0.29, 0.717) is 12.5 Å². The lowest BCUT2D eigenvalue weighted by molar-refractivity contribution is 0.0931. The van der Waals surface area contributed by atoms with Crippen LogP contribution in [-0.4, -0.2) is 54.0 Å². The summed E-state index contributed by atoms with van der Waals surface area (Å²) in [6.07, 6.45) is 7.45. The van der Waals surface area contributed by atoms with Gasteiger partial charge in [0.1, 0.15) is 0 Å². The molecule has 0 radical (unpaired) electrons. The third kappa shape index (κ3) is 6.26. The van der Waals surface area contributed by atoms with Crippen molar-refractivity contribution in [2.45, 2.75) is 32.1 Å². The number of carbonyl (C=O) groups excluding carboxylic acids is 2. The molecule has 2 amide bonds. The van der Waals surface area contributed by atoms with Crippen LogP contribution in [0.5, 0.6) is 0 Å². The first-order chi connectivity index (χ1) is 16.6. The number of para-hydroxylation sites is 1. The first-order valence-electron chi connectivity index (χ1n) is 12.5. The fourth-order valence-electron chi connectivity index (χ4n) is 4.80. The van der Waals surface area contributed by atoms with Gasteiger partial charge in [-0.2, -0.15) is 0 Å². The van der Waals surface area contributed by atoms with Gasteiger partial charge in [0.05, 0.1) is 5.56 Å². The summed E-state index contributed by atoms with van der Waals surface area (Å²) < 4.78 is 2.00. The second-order valence-corrected chi connectivity index (χ2v) is 9.35. The average molecular weight is 461 g/mol. The van der Waals surface area contributed by atoms with E-state index in [4.69, 9.17) is 0 Å². The highest BCUT2D eigenvalue weighted by Gasteiger charge is 2.19. The molecule has 1 aromatic heterocycles. The van der Waals surface area contributed by atoms with E-state index in [1.165, 1.54) is 0 Å². The minimum atomic E-state index is 0.0122. The number of aromatic nitrogens is 1. The molecule has 1 aliphatic rings. The number of carbonyl (C=O) groups is 2. The first kappa shape index (κ1) is 24.0. The van der Waals surface area contributed by atoms with Gasteiger partial charge in [-0.25, -0.2) is 0 Å². The maximum atomic E-state index is 12.6. The molecule has 0 bridgehead atoms. The van der Waals surface area contributed by atoms with Gasteiger partial charge in [0, 0.05) is 42.8 Å². The van der Waals surface area contributed by atoms with Crippen molar-refractivity contribution in [3.63, 3.8) is 0 Å². The molecule has 0 aliphatic carbocycles. The summed E-state index contributed by atoms with van der Waals surface area (Å²) in [6, 6.07) is 17.4. The summed E-state index contributed by atoms with van der Waals surface area (Å²) >= 11 is 0. The van der Waals surface area contributed by atoms with Crippen molar-refractivity contribution < 1.29 is 9.59 Å². The Kier molecular flexibility index (Phi) is 8.36. The number of nitrogens with zero attached hydrogens (tertiary/aromatic N) is 2. The summed E-state index contributed by atoms with van der Waals surface area (Å²) in [4.78, 5) is 27.3. The van der Waals surface area contributed by atoms with Crippen LogP contribution in [0.2, 0.25) is 0 Å². The highest BCUT2D eigenvalue weighted by atomic mass is 16.2. The molecule has 0 unspecified atom stereocenters. The Balaban J connectivity index is 1.07. The molecule has 1 saturated heterocycles. The molecule has 0 saturated carbocycles. The normalized spacial score (nSPS) is 14.9. The number of likely N-dealkylation sites (tertiary alicyclic amines) is 1. The zero-order valence-corrected chi connectivity index (χ0v) is 20.1. The molecule has 0 spiro atoms. The van der Waals surface area contributed by atoms with E-state index in [-0.39, 0.29) is 11.8 Å². The van der Waals surface area contributed by atoms with Crippen LogP contribution in [0.1, 0.15) is 52.8 Å². The Morgan fingerprint density at radius 2 is 1.62 bits per heavy atom. The third-order valence-electron chi connectivity index (χ3n) is 6.87. The first-order valence-corrected chi connectivity index (χ1v) is 12.5. The van der Waals surface area contributed by atoms with Crippen LogP contribution in [0.15, 0.2) is 60.8 Å². The van der Waals surface area contributed by atoms with Crippen molar-refractivity contribution in [3.8, 4) is 0 Å². The summed E-state index contributed by atoms with van der Waals surface area (Å²) in [5, 5.41) is 7.18. The van der Waals surface area contributed by atoms with Crippen LogP contribution in [-0.2, 0) is 7.05 Å². The molecule has 2 aromatic carbocycles. The van der Waals surface area contributed by atoms with Crippen LogP contribution in [0.25, 0.3) is 10.9 Å². The van der Waals surface area contributed by atoms with Crippen molar-refractivity contribution >= 4 is 22.7 Å². The molecular weight excluding hydrogens is 424 g/mol. The van der Waals surface area contributed by atoms with Crippen LogP contribution < -0.4 is 10.6 Å². The molecule has 6 heteroatoms. The average Bonchev–Trinajstić information content (AvgIpc) is 3.22. The summed E-state index contributed by atoms with van der Waals surface area (Å²) in [5.74, 6) is 0.599. The van der Waals surface area contributed by atoms with Gasteiger partial charge in [0.2, 0.25) is 0 Å². The lowest BCUT2D eigenvalue weighted by Gasteiger charge is -2.32. The van der Waals surface area contributed by atoms with Crippen molar-refractivity contribution in [2.75, 3.05) is 32.7 Å². The smallest absolute Gasteiger partial charge is 0.253 e. The predicted octanol–water partition coefficient (Wildman–Crippen LogP) is 4.22. The number of fused-ring (bicyclic) bond motifs is 1. The summed E-state index contributed by atoms with van der Waals surface area (Å²) in [7, 11) is 1.97. The van der Waals surface area contributed by atoms with E-state index in [1.54, 1.807) is 0 Å². The van der Waals surface area contributed by atoms with Gasteiger partial charge < -0.3 is 20.1 Å². The minimum absolute atomic E-state index is 0.0122. The maximum Gasteiger partial charge on any atom is 0.253 e. The molecule has 3 aromatic rings. The number of unbranched alkanes of at least 4 members (excludes halogenated alkanes) is 2. The molecular formula is C28H36N4O2. The number of hydrogen-bond donors (Lipinski definition) is 2. The number of hydrogen-bond acceptors (Lipinski definition) is 3. The summed E-state index contributed by atoms with van der Waals surface area (Å²) in [6.45, 7) is 4.79. The molecule has 1 fully saturated rings. The molecule has 1 aliphatic heterocycles. The molecule has 34 heavy (non-hydrogen) atoms. The highest BCUT2D eigenvalue weighted by Crippen LogP contribution is 2.20. The largest absolute Gasteiger partial charge is 0.352 e. The Labute approximate surface area is 202 Å². The molecule has 0 atom stereocenters. The predicted molar refractivity (Wildman–Crippen MR) is 137 cm³/mol. The van der Waals surface area contributed by atoms with Crippen molar-refractivity contribution in [1.29, 1.82) is 0 Å². The minimum Gasteiger partial charge on any atom is -0.352 e. The number of nitrogens with one attached hydrogen (secondary N) is 2. The van der Waals surface area contributed by atoms with Gasteiger partial charge in [0.25, 0.3) is 11.8 Å². The Morgan fingerprint density at radius 3 is 2.41 bits per heavy atom. The Hall–Kier alpha value is -3.12. The van der Waals surface area contributed by atoms with Crippen molar-refractivity contribution in [1.82, 2.24) is 20.1 Å². The fourth-order valence-corrected chi connectivity index (χ4v) is 4.80. The second-order valence-electron chi connectivity index (χ2n) is 9.35. The van der Waals surface area contributed by atoms with E-state index in [1.807, 2.05) is 72.4 Å². The number of aryl methyl sites for hydroxylation is 1. The van der Waals surface area contributed by atoms with Crippen molar-refractivity contribution in [3.05, 3.63) is 71.9 Å². The van der Waals surface area contributed by atoms with Crippen LogP contribution in [0.4, 0.5) is 0 Å². The van der Waals surface area contributed by atoms with Gasteiger partial charge in [-0.1, -0.05) is 42.8 Å². The maximum absolute atomic E-state index is 12.6. The van der Waals surface area contributed by atoms with Gasteiger partial charge in [0.15, 0.2) is 0 Å². The van der Waals surface area contributed by atoms with Gasteiger partial charge in [-0.05, 0) is 69.4 Å². The lowest BCUT2D eigenvalue weighted by atomic mass is 9.96. The molecule has 6 nitrogen and oxygen atoms in total. The van der Waals surface area contributed by atoms with Gasteiger partial charge >= 0.3 is 0 Å². The Bertz CT molecular complexity index is 1080. The highest BCUT2D eigenvalue weighted by molar-refractivity contribution is 6.06. The zero-order valence-electron chi connectivity index (χ0n) is 20.1. The number of rotatable bonds is 10. The number of piperidine rings is 1. The van der Waals surface area contributed by atoms with Gasteiger partial charge in [-0.3, -0.25) is 9.59 Å². The van der Waals surface area contributed by atoms with E-state index in [9.17, 15) is 9.59 Å². The molecule has 2 N–H and O–H groups in total. The monoisotopic (exact) mass is 460 g/mol. The second kappa shape index (κ2) is 11.8. The number of amides is 2. The van der Waals surface area contributed by atoms with Crippen LogP contribution >= 0.6 is 0 Å². The van der Waals surface area contributed by atoms with Gasteiger partial charge in [-0.15, -0.1) is 0 Å². The molecule has 180 valence electrons. The van der Waals surface area contributed by atoms with E-state index < -0.39 is 0 Å². The summed E-state index contributed by atoms with van der Waals surface area (Å²) in [5.41, 5.74) is 2.56. The quantitative estimate of drug-likeness (QED) is 0.445. The Morgan fingerprint density at radius 1 is 0.882 bits per heavy atom. The van der Waals surface area contributed by atoms with Crippen LogP contribution in [0.3, 0.4) is 0 Å². The van der Waals surface area contributed by atoms with E-state index in [0.717, 1.165) is 80.3 Å². The zero-order chi connectivity index (χ0) is 23.8. The topological polar surface area (TPSA) is 66.4 Å². The number of benzene rings is 2. The van der Waals surface area contributed by atoms with Crippen molar-refractivity contribution in [2.24, 2.45) is 13.0 Å². The molecule has 2 heterocycles. The van der Waals surface area contributed by atoms with E-state index >= 15 is 0 Å². The molecule has 4 rings (SSSR count). The van der Waals surface area contributed by atoms with E-state index in [2.05, 4.69) is 15.5 Å².